The molecule has 0 aromatic rings. The van der Waals surface area contributed by atoms with Gasteiger partial charge in [0.1, 0.15) is 30.5 Å². The third-order valence-corrected chi connectivity index (χ3v) is 3.50. The maximum absolute atomic E-state index is 11.1. The number of aliphatic hydroxyl groups excluding tert-OH is 5. The van der Waals surface area contributed by atoms with E-state index < -0.39 is 55.2 Å². The van der Waals surface area contributed by atoms with Gasteiger partial charge in [0.2, 0.25) is 0 Å². The van der Waals surface area contributed by atoms with Crippen molar-refractivity contribution in [2.75, 3.05) is 13.2 Å². The minimum absolute atomic E-state index is 0.245. The van der Waals surface area contributed by atoms with Crippen molar-refractivity contribution in [3.63, 3.8) is 0 Å². The SMILES string of the molecule is CC(=O)OC1C(OC2COC(O)C(O)C2O)OCC(O)C1O. The highest BCUT2D eigenvalue weighted by atomic mass is 16.7. The van der Waals surface area contributed by atoms with Crippen molar-refractivity contribution in [2.45, 2.75) is 56.1 Å². The second-order valence-electron chi connectivity index (χ2n) is 5.21. The van der Waals surface area contributed by atoms with Crippen LogP contribution in [0.5, 0.6) is 0 Å². The van der Waals surface area contributed by atoms with Gasteiger partial charge in [-0.2, -0.15) is 0 Å². The van der Waals surface area contributed by atoms with E-state index in [9.17, 15) is 30.3 Å². The minimum atomic E-state index is -1.58. The fraction of sp³-hybridized carbons (Fsp3) is 0.917. The summed E-state index contributed by atoms with van der Waals surface area (Å²) in [6.45, 7) is 0.604. The van der Waals surface area contributed by atoms with E-state index in [4.69, 9.17) is 18.9 Å². The highest BCUT2D eigenvalue weighted by molar-refractivity contribution is 5.66. The summed E-state index contributed by atoms with van der Waals surface area (Å²) >= 11 is 0. The molecule has 0 saturated carbocycles. The highest BCUT2D eigenvalue weighted by Gasteiger charge is 2.46. The Kier molecular flexibility index (Phi) is 5.69. The van der Waals surface area contributed by atoms with Gasteiger partial charge in [-0.1, -0.05) is 0 Å². The first-order valence-electron chi connectivity index (χ1n) is 6.77. The molecular weight excluding hydrogens is 304 g/mol. The molecular formula is C12H20O10. The van der Waals surface area contributed by atoms with Gasteiger partial charge < -0.3 is 44.5 Å². The first-order valence-corrected chi connectivity index (χ1v) is 6.77. The van der Waals surface area contributed by atoms with Gasteiger partial charge in [0, 0.05) is 6.92 Å². The maximum atomic E-state index is 11.1. The molecule has 2 fully saturated rings. The average Bonchev–Trinajstić information content (AvgIpc) is 2.46. The lowest BCUT2D eigenvalue weighted by molar-refractivity contribution is -0.324. The van der Waals surface area contributed by atoms with Crippen molar-refractivity contribution in [2.24, 2.45) is 0 Å². The lowest BCUT2D eigenvalue weighted by Crippen LogP contribution is -2.60. The monoisotopic (exact) mass is 324 g/mol. The van der Waals surface area contributed by atoms with Gasteiger partial charge in [0.25, 0.3) is 0 Å². The number of rotatable bonds is 3. The molecule has 0 aromatic heterocycles. The smallest absolute Gasteiger partial charge is 0.303 e. The van der Waals surface area contributed by atoms with Crippen LogP contribution in [0.1, 0.15) is 6.92 Å². The Morgan fingerprint density at radius 1 is 1.00 bits per heavy atom. The molecule has 22 heavy (non-hydrogen) atoms. The Bertz CT molecular complexity index is 390. The number of carbonyl (C=O) groups excluding carboxylic acids is 1. The van der Waals surface area contributed by atoms with E-state index in [1.54, 1.807) is 0 Å². The van der Waals surface area contributed by atoms with Crippen molar-refractivity contribution in [3.8, 4) is 0 Å². The molecule has 8 atom stereocenters. The number of aliphatic hydroxyl groups is 5. The topological polar surface area (TPSA) is 155 Å². The Balaban J connectivity index is 2.04. The molecule has 8 unspecified atom stereocenters. The van der Waals surface area contributed by atoms with E-state index in [0.717, 1.165) is 6.92 Å². The maximum Gasteiger partial charge on any atom is 0.303 e. The first kappa shape index (κ1) is 17.5. The van der Waals surface area contributed by atoms with Crippen molar-refractivity contribution >= 4 is 5.97 Å². The number of carbonyl (C=O) groups is 1. The number of esters is 1. The molecule has 10 nitrogen and oxygen atoms in total. The normalized spacial score (nSPS) is 46.3. The third kappa shape index (κ3) is 3.73. The molecule has 128 valence electrons. The Morgan fingerprint density at radius 3 is 2.32 bits per heavy atom. The van der Waals surface area contributed by atoms with Crippen LogP contribution in [-0.2, 0) is 23.7 Å². The fourth-order valence-electron chi connectivity index (χ4n) is 2.27. The Hall–Kier alpha value is -0.850. The van der Waals surface area contributed by atoms with Crippen LogP contribution >= 0.6 is 0 Å². The summed E-state index contributed by atoms with van der Waals surface area (Å²) in [6.07, 6.45) is -10.9. The molecule has 10 heteroatoms. The molecule has 0 aliphatic carbocycles. The molecule has 2 heterocycles. The summed E-state index contributed by atoms with van der Waals surface area (Å²) < 4.78 is 20.2. The second kappa shape index (κ2) is 7.15. The quantitative estimate of drug-likeness (QED) is 0.329. The third-order valence-electron chi connectivity index (χ3n) is 3.50. The summed E-state index contributed by atoms with van der Waals surface area (Å²) in [5.74, 6) is -0.716. The molecule has 0 spiro atoms. The summed E-state index contributed by atoms with van der Waals surface area (Å²) in [7, 11) is 0. The van der Waals surface area contributed by atoms with Crippen LogP contribution in [-0.4, -0.2) is 93.9 Å². The number of hydrogen-bond acceptors (Lipinski definition) is 10. The lowest BCUT2D eigenvalue weighted by Gasteiger charge is -2.41. The number of ether oxygens (including phenoxy) is 4. The minimum Gasteiger partial charge on any atom is -0.454 e. The first-order chi connectivity index (χ1) is 10.3. The van der Waals surface area contributed by atoms with E-state index in [-0.39, 0.29) is 13.2 Å². The molecule has 0 radical (unpaired) electrons. The van der Waals surface area contributed by atoms with E-state index in [1.807, 2.05) is 0 Å². The molecule has 2 aliphatic rings. The van der Waals surface area contributed by atoms with Gasteiger partial charge in [-0.05, 0) is 0 Å². The summed E-state index contributed by atoms with van der Waals surface area (Å²) in [6, 6.07) is 0. The molecule has 2 rings (SSSR count). The largest absolute Gasteiger partial charge is 0.454 e. The summed E-state index contributed by atoms with van der Waals surface area (Å²) in [4.78, 5) is 11.1. The zero-order valence-corrected chi connectivity index (χ0v) is 11.8. The van der Waals surface area contributed by atoms with Crippen LogP contribution in [0.15, 0.2) is 0 Å². The van der Waals surface area contributed by atoms with Crippen molar-refractivity contribution in [3.05, 3.63) is 0 Å². The van der Waals surface area contributed by atoms with Gasteiger partial charge in [-0.15, -0.1) is 0 Å². The molecule has 2 aliphatic heterocycles. The number of hydrogen-bond donors (Lipinski definition) is 5. The predicted molar refractivity (Wildman–Crippen MR) is 66.2 cm³/mol. The van der Waals surface area contributed by atoms with E-state index in [2.05, 4.69) is 0 Å². The summed E-state index contributed by atoms with van der Waals surface area (Å²) in [5, 5.41) is 48.0. The van der Waals surface area contributed by atoms with Gasteiger partial charge in [-0.3, -0.25) is 4.79 Å². The highest BCUT2D eigenvalue weighted by Crippen LogP contribution is 2.24. The van der Waals surface area contributed by atoms with Gasteiger partial charge >= 0.3 is 5.97 Å². The zero-order valence-electron chi connectivity index (χ0n) is 11.8. The van der Waals surface area contributed by atoms with Crippen LogP contribution in [0.25, 0.3) is 0 Å². The fourth-order valence-corrected chi connectivity index (χ4v) is 2.27. The standard InChI is InChI=1S/C12H20O10/c1-4(13)21-10-7(15)5(14)2-20-12(10)22-6-3-19-11(18)9(17)8(6)16/h5-12,14-18H,2-3H2,1H3. The molecule has 0 aromatic carbocycles. The van der Waals surface area contributed by atoms with Gasteiger partial charge in [0.05, 0.1) is 13.2 Å². The van der Waals surface area contributed by atoms with Crippen LogP contribution in [0.3, 0.4) is 0 Å². The second-order valence-corrected chi connectivity index (χ2v) is 5.21. The van der Waals surface area contributed by atoms with Crippen molar-refractivity contribution < 1.29 is 49.3 Å². The average molecular weight is 324 g/mol. The van der Waals surface area contributed by atoms with E-state index in [0.29, 0.717) is 0 Å². The Labute approximate surface area is 125 Å². The lowest BCUT2D eigenvalue weighted by atomic mass is 10.0. The van der Waals surface area contributed by atoms with Gasteiger partial charge in [-0.25, -0.2) is 0 Å². The van der Waals surface area contributed by atoms with Gasteiger partial charge in [0.15, 0.2) is 18.7 Å². The van der Waals surface area contributed by atoms with Crippen LogP contribution in [0.4, 0.5) is 0 Å². The molecule has 2 saturated heterocycles. The van der Waals surface area contributed by atoms with E-state index >= 15 is 0 Å². The van der Waals surface area contributed by atoms with Crippen LogP contribution in [0.2, 0.25) is 0 Å². The van der Waals surface area contributed by atoms with Crippen molar-refractivity contribution in [1.82, 2.24) is 0 Å². The van der Waals surface area contributed by atoms with Crippen LogP contribution in [0, 0.1) is 0 Å². The predicted octanol–water partition coefficient (Wildman–Crippen LogP) is -3.55. The van der Waals surface area contributed by atoms with Crippen molar-refractivity contribution in [1.29, 1.82) is 0 Å². The molecule has 0 amide bonds. The zero-order chi connectivity index (χ0) is 16.4. The molecule has 0 bridgehead atoms. The Morgan fingerprint density at radius 2 is 1.68 bits per heavy atom. The van der Waals surface area contributed by atoms with Crippen LogP contribution < -0.4 is 0 Å². The summed E-state index contributed by atoms with van der Waals surface area (Å²) in [5.41, 5.74) is 0. The van der Waals surface area contributed by atoms with E-state index in [1.165, 1.54) is 0 Å². The molecule has 5 N–H and O–H groups in total.